The summed E-state index contributed by atoms with van der Waals surface area (Å²) in [5.41, 5.74) is -1.91. The lowest BCUT2D eigenvalue weighted by atomic mass is 9.76. The molecular formula is C24H25F5N2O4. The van der Waals surface area contributed by atoms with Gasteiger partial charge in [-0.05, 0) is 31.5 Å². The number of carbonyl (C=O) groups excluding carboxylic acids is 1. The zero-order valence-electron chi connectivity index (χ0n) is 19.2. The molecular weight excluding hydrogens is 475 g/mol. The van der Waals surface area contributed by atoms with Crippen LogP contribution in [-0.4, -0.2) is 46.1 Å². The van der Waals surface area contributed by atoms with Crippen LogP contribution >= 0.6 is 0 Å². The molecule has 1 aliphatic carbocycles. The van der Waals surface area contributed by atoms with Crippen LogP contribution in [0.5, 0.6) is 5.75 Å². The lowest BCUT2D eigenvalue weighted by Gasteiger charge is -2.34. The first-order chi connectivity index (χ1) is 16.3. The molecule has 2 heterocycles. The molecule has 1 aromatic carbocycles. The van der Waals surface area contributed by atoms with E-state index in [1.54, 1.807) is 13.0 Å². The number of amides is 1. The Morgan fingerprint density at radius 2 is 1.94 bits per heavy atom. The van der Waals surface area contributed by atoms with Gasteiger partial charge in [0.15, 0.2) is 17.2 Å². The van der Waals surface area contributed by atoms with Crippen LogP contribution in [0.1, 0.15) is 43.7 Å². The smallest absolute Gasteiger partial charge is 0.417 e. The van der Waals surface area contributed by atoms with E-state index in [-0.39, 0.29) is 24.1 Å². The Bertz CT molecular complexity index is 1120. The van der Waals surface area contributed by atoms with Crippen molar-refractivity contribution in [2.75, 3.05) is 5.32 Å². The molecule has 2 fully saturated rings. The van der Waals surface area contributed by atoms with Crippen molar-refractivity contribution in [2.45, 2.75) is 69.6 Å². The first kappa shape index (κ1) is 25.3. The van der Waals surface area contributed by atoms with Crippen molar-refractivity contribution in [3.05, 3.63) is 53.4 Å². The second-order valence-corrected chi connectivity index (χ2v) is 9.34. The largest absolute Gasteiger partial charge is 0.487 e. The molecule has 35 heavy (non-hydrogen) atoms. The van der Waals surface area contributed by atoms with Gasteiger partial charge in [0.1, 0.15) is 12.2 Å². The molecule has 1 saturated carbocycles. The van der Waals surface area contributed by atoms with E-state index in [0.717, 1.165) is 19.1 Å². The van der Waals surface area contributed by atoms with Crippen molar-refractivity contribution >= 4 is 11.6 Å². The number of ether oxygens (including phenoxy) is 2. The number of anilines is 1. The second-order valence-electron chi connectivity index (χ2n) is 9.34. The van der Waals surface area contributed by atoms with E-state index < -0.39 is 65.2 Å². The highest BCUT2D eigenvalue weighted by Gasteiger charge is 2.66. The van der Waals surface area contributed by atoms with Crippen LogP contribution in [0.15, 0.2) is 30.6 Å². The Labute approximate surface area is 198 Å². The molecule has 2 N–H and O–H groups in total. The average Bonchev–Trinajstić information content (AvgIpc) is 3.02. The molecule has 0 radical (unpaired) electrons. The predicted molar refractivity (Wildman–Crippen MR) is 115 cm³/mol. The van der Waals surface area contributed by atoms with Gasteiger partial charge in [0.05, 0.1) is 18.0 Å². The lowest BCUT2D eigenvalue weighted by molar-refractivity contribution is -0.272. The Morgan fingerprint density at radius 1 is 1.26 bits per heavy atom. The van der Waals surface area contributed by atoms with Gasteiger partial charge >= 0.3 is 6.18 Å². The van der Waals surface area contributed by atoms with E-state index in [2.05, 4.69) is 10.3 Å². The molecule has 0 unspecified atom stereocenters. The number of halogens is 5. The molecule has 0 spiro atoms. The zero-order chi connectivity index (χ0) is 25.7. The molecule has 1 aliphatic heterocycles. The van der Waals surface area contributed by atoms with Gasteiger partial charge in [0.25, 0.3) is 5.91 Å². The molecule has 11 heteroatoms. The number of aliphatic hydroxyl groups is 1. The molecule has 2 aromatic rings. The van der Waals surface area contributed by atoms with Crippen LogP contribution in [0.2, 0.25) is 0 Å². The van der Waals surface area contributed by atoms with Crippen molar-refractivity contribution in [1.82, 2.24) is 4.98 Å². The zero-order valence-corrected chi connectivity index (χ0v) is 19.2. The van der Waals surface area contributed by atoms with Crippen molar-refractivity contribution < 1.29 is 41.3 Å². The predicted octanol–water partition coefficient (Wildman–Crippen LogP) is 4.65. The number of aliphatic hydroxyl groups excluding tert-OH is 1. The minimum atomic E-state index is -4.86. The van der Waals surface area contributed by atoms with E-state index >= 15 is 0 Å². The van der Waals surface area contributed by atoms with Gasteiger partial charge in [-0.25, -0.2) is 4.39 Å². The van der Waals surface area contributed by atoms with Crippen molar-refractivity contribution in [3.63, 3.8) is 0 Å². The summed E-state index contributed by atoms with van der Waals surface area (Å²) < 4.78 is 82.3. The molecule has 190 valence electrons. The van der Waals surface area contributed by atoms with Crippen LogP contribution in [0.25, 0.3) is 0 Å². The molecule has 4 rings (SSSR count). The average molecular weight is 500 g/mol. The summed E-state index contributed by atoms with van der Waals surface area (Å²) in [4.78, 5) is 17.1. The Morgan fingerprint density at radius 3 is 2.54 bits per heavy atom. The van der Waals surface area contributed by atoms with Crippen LogP contribution < -0.4 is 10.1 Å². The van der Waals surface area contributed by atoms with E-state index in [1.807, 2.05) is 0 Å². The Kier molecular flexibility index (Phi) is 6.52. The highest BCUT2D eigenvalue weighted by Crippen LogP contribution is 2.55. The van der Waals surface area contributed by atoms with Gasteiger partial charge in [-0.15, -0.1) is 0 Å². The summed E-state index contributed by atoms with van der Waals surface area (Å²) >= 11 is 0. The number of nitrogens with zero attached hydrogens (tertiary/aromatic N) is 1. The number of benzene rings is 1. The highest BCUT2D eigenvalue weighted by atomic mass is 19.4. The highest BCUT2D eigenvalue weighted by molar-refractivity contribution is 5.95. The number of pyridine rings is 1. The number of aryl methyl sites for hydroxylation is 1. The maximum absolute atomic E-state index is 14.9. The molecule has 1 saturated heterocycles. The fourth-order valence-electron chi connectivity index (χ4n) is 4.59. The number of hydrogen-bond donors (Lipinski definition) is 2. The first-order valence-corrected chi connectivity index (χ1v) is 11.1. The molecule has 0 bridgehead atoms. The van der Waals surface area contributed by atoms with E-state index in [0.29, 0.717) is 5.56 Å². The molecule has 2 aliphatic rings. The van der Waals surface area contributed by atoms with Gasteiger partial charge in [-0.3, -0.25) is 9.78 Å². The number of nitrogens with one attached hydrogen (secondary N) is 1. The van der Waals surface area contributed by atoms with Crippen LogP contribution in [0, 0.1) is 24.5 Å². The molecule has 1 aromatic heterocycles. The summed E-state index contributed by atoms with van der Waals surface area (Å²) in [6, 6.07) is 3.47. The fraction of sp³-hybridized carbons (Fsp3) is 0.500. The normalized spacial score (nSPS) is 30.6. The van der Waals surface area contributed by atoms with Gasteiger partial charge < -0.3 is 19.9 Å². The third-order valence-corrected chi connectivity index (χ3v) is 6.86. The van der Waals surface area contributed by atoms with Gasteiger partial charge in [-0.2, -0.15) is 17.6 Å². The lowest BCUT2D eigenvalue weighted by Crippen LogP contribution is -2.47. The summed E-state index contributed by atoms with van der Waals surface area (Å²) in [5.74, 6) is -6.79. The maximum Gasteiger partial charge on any atom is 0.417 e. The van der Waals surface area contributed by atoms with Crippen LogP contribution in [0.4, 0.5) is 27.6 Å². The van der Waals surface area contributed by atoms with Gasteiger partial charge in [-0.1, -0.05) is 13.0 Å². The topological polar surface area (TPSA) is 80.7 Å². The number of aromatic nitrogens is 1. The standard InChI is InChI=1S/C24H25F5N2O4/c1-11-6-13(10-30-9-11)31-22(33)21-18(12(2)23(3,35-21)24(27,28)29)16-4-5-17(25)19(26)20(16)34-15-7-14(32)8-15/h4-6,9-10,12,14-15,18,21,32H,7-8H2,1-3H3,(H,31,33)/t12-,14-,15+,18-,21+,23+/m0/s1. The maximum atomic E-state index is 14.9. The minimum Gasteiger partial charge on any atom is -0.487 e. The number of carbonyl (C=O) groups is 1. The summed E-state index contributed by atoms with van der Waals surface area (Å²) in [5, 5.41) is 12.0. The summed E-state index contributed by atoms with van der Waals surface area (Å²) in [6.07, 6.45) is -4.67. The third kappa shape index (κ3) is 4.58. The van der Waals surface area contributed by atoms with Gasteiger partial charge in [0, 0.05) is 36.4 Å². The van der Waals surface area contributed by atoms with Crippen LogP contribution in [-0.2, 0) is 9.53 Å². The number of hydrogen-bond acceptors (Lipinski definition) is 5. The second kappa shape index (κ2) is 9.02. The van der Waals surface area contributed by atoms with Crippen molar-refractivity contribution in [1.29, 1.82) is 0 Å². The Balaban J connectivity index is 1.76. The quantitative estimate of drug-likeness (QED) is 0.585. The molecule has 1 amide bonds. The monoisotopic (exact) mass is 500 g/mol. The summed E-state index contributed by atoms with van der Waals surface area (Å²) in [7, 11) is 0. The van der Waals surface area contributed by atoms with Crippen molar-refractivity contribution in [2.24, 2.45) is 5.92 Å². The van der Waals surface area contributed by atoms with E-state index in [9.17, 15) is 31.9 Å². The van der Waals surface area contributed by atoms with Crippen molar-refractivity contribution in [3.8, 4) is 5.75 Å². The third-order valence-electron chi connectivity index (χ3n) is 6.86. The fourth-order valence-corrected chi connectivity index (χ4v) is 4.59. The van der Waals surface area contributed by atoms with Crippen LogP contribution in [0.3, 0.4) is 0 Å². The minimum absolute atomic E-state index is 0.117. The molecule has 6 nitrogen and oxygen atoms in total. The number of alkyl halides is 3. The first-order valence-electron chi connectivity index (χ1n) is 11.1. The van der Waals surface area contributed by atoms with E-state index in [4.69, 9.17) is 9.47 Å². The summed E-state index contributed by atoms with van der Waals surface area (Å²) in [6.45, 7) is 3.80. The molecule has 4 atom stereocenters. The van der Waals surface area contributed by atoms with E-state index in [1.165, 1.54) is 19.3 Å². The Hall–Kier alpha value is -2.79. The SMILES string of the molecule is Cc1cncc(NC(=O)[C@@H]2O[C@@](C)(C(F)(F)F)[C@@H](C)[C@H]2c2ccc(F)c(F)c2O[C@H]2C[C@@H](O)C2)c1. The van der Waals surface area contributed by atoms with Gasteiger partial charge in [0.2, 0.25) is 5.82 Å². The number of rotatable bonds is 5.